The first kappa shape index (κ1) is 22.1. The second-order valence-corrected chi connectivity index (χ2v) is 8.20. The van der Waals surface area contributed by atoms with Gasteiger partial charge in [0.1, 0.15) is 12.1 Å². The van der Waals surface area contributed by atoms with Gasteiger partial charge in [-0.1, -0.05) is 35.3 Å². The highest BCUT2D eigenvalue weighted by atomic mass is 35.5. The van der Waals surface area contributed by atoms with E-state index in [1.807, 2.05) is 19.1 Å². The van der Waals surface area contributed by atoms with E-state index in [2.05, 4.69) is 15.3 Å². The van der Waals surface area contributed by atoms with Gasteiger partial charge in [0.25, 0.3) is 0 Å². The van der Waals surface area contributed by atoms with Crippen LogP contribution in [0.25, 0.3) is 22.0 Å². The maximum Gasteiger partial charge on any atom is 0.240 e. The number of fused-ring (bicyclic) bond motifs is 1. The number of amides is 1. The number of aromatic nitrogens is 3. The molecule has 4 aromatic rings. The van der Waals surface area contributed by atoms with Crippen LogP contribution in [0.3, 0.4) is 0 Å². The van der Waals surface area contributed by atoms with E-state index in [0.29, 0.717) is 33.2 Å². The Kier molecular flexibility index (Phi) is 6.32. The molecular weight excluding hydrogens is 449 g/mol. The maximum atomic E-state index is 12.5. The lowest BCUT2D eigenvalue weighted by molar-refractivity contribution is -0.121. The number of carbonyl (C=O) groups excluding carboxylic acids is 1. The minimum absolute atomic E-state index is 0.0761. The van der Waals surface area contributed by atoms with Crippen molar-refractivity contribution in [3.8, 4) is 17.0 Å². The lowest BCUT2D eigenvalue weighted by Gasteiger charge is -2.14. The fourth-order valence-electron chi connectivity index (χ4n) is 3.69. The topological polar surface area (TPSA) is 106 Å². The molecule has 0 spiro atoms. The Morgan fingerprint density at radius 1 is 1.28 bits per heavy atom. The summed E-state index contributed by atoms with van der Waals surface area (Å²) in [7, 11) is 0. The van der Waals surface area contributed by atoms with E-state index >= 15 is 0 Å². The third kappa shape index (κ3) is 4.27. The van der Waals surface area contributed by atoms with Crippen LogP contribution in [0.2, 0.25) is 10.0 Å². The molecule has 0 saturated heterocycles. The molecule has 0 bridgehead atoms. The van der Waals surface area contributed by atoms with Crippen LogP contribution in [0.4, 0.5) is 0 Å². The number of hydrogen-bond donors (Lipinski definition) is 3. The molecule has 32 heavy (non-hydrogen) atoms. The van der Waals surface area contributed by atoms with Gasteiger partial charge in [-0.15, -0.1) is 0 Å². The molecule has 4 N–H and O–H groups in total. The van der Waals surface area contributed by atoms with Crippen molar-refractivity contribution in [2.24, 2.45) is 5.73 Å². The van der Waals surface area contributed by atoms with Gasteiger partial charge in [-0.05, 0) is 36.2 Å². The summed E-state index contributed by atoms with van der Waals surface area (Å²) in [5.74, 6) is -0.360. The minimum Gasteiger partial charge on any atom is -0.493 e. The molecule has 0 saturated carbocycles. The van der Waals surface area contributed by atoms with Crippen molar-refractivity contribution in [1.82, 2.24) is 19.9 Å². The van der Waals surface area contributed by atoms with Crippen molar-refractivity contribution in [3.63, 3.8) is 0 Å². The first-order chi connectivity index (χ1) is 15.4. The number of aromatic hydroxyl groups is 1. The quantitative estimate of drug-likeness (QED) is 0.392. The Balaban J connectivity index is 1.73. The summed E-state index contributed by atoms with van der Waals surface area (Å²) < 4.78 is 1.46. The molecule has 3 aromatic heterocycles. The summed E-state index contributed by atoms with van der Waals surface area (Å²) in [4.78, 5) is 21.1. The molecular formula is C23H21Cl2N5O2. The van der Waals surface area contributed by atoms with Crippen molar-refractivity contribution in [2.45, 2.75) is 26.6 Å². The molecule has 0 atom stereocenters. The molecule has 0 fully saturated rings. The van der Waals surface area contributed by atoms with Crippen LogP contribution in [0.5, 0.6) is 5.88 Å². The predicted molar refractivity (Wildman–Crippen MR) is 126 cm³/mol. The van der Waals surface area contributed by atoms with Crippen LogP contribution in [0.1, 0.15) is 16.8 Å². The molecule has 0 aliphatic rings. The van der Waals surface area contributed by atoms with E-state index in [1.165, 1.54) is 4.57 Å². The number of nitrogens with one attached hydrogen (secondary N) is 1. The number of pyridine rings is 2. The van der Waals surface area contributed by atoms with E-state index in [9.17, 15) is 9.90 Å². The van der Waals surface area contributed by atoms with Gasteiger partial charge in [0.05, 0.1) is 0 Å². The highest BCUT2D eigenvalue weighted by Gasteiger charge is 2.21. The van der Waals surface area contributed by atoms with E-state index in [4.69, 9.17) is 28.9 Å². The SMILES string of the molecule is Cc1nc2c(O)n(CC(=O)NCc3cccnc3)cc2c(-c2ccc(Cl)cc2Cl)c1CN. The van der Waals surface area contributed by atoms with Crippen molar-refractivity contribution in [1.29, 1.82) is 0 Å². The van der Waals surface area contributed by atoms with Crippen LogP contribution >= 0.6 is 23.2 Å². The number of carbonyl (C=O) groups is 1. The summed E-state index contributed by atoms with van der Waals surface area (Å²) in [6, 6.07) is 8.89. The van der Waals surface area contributed by atoms with E-state index in [1.54, 1.807) is 36.8 Å². The smallest absolute Gasteiger partial charge is 0.240 e. The average molecular weight is 470 g/mol. The zero-order chi connectivity index (χ0) is 22.8. The molecule has 0 aliphatic heterocycles. The number of aryl methyl sites for hydroxylation is 1. The van der Waals surface area contributed by atoms with Crippen molar-refractivity contribution >= 4 is 40.0 Å². The van der Waals surface area contributed by atoms with E-state index < -0.39 is 0 Å². The summed E-state index contributed by atoms with van der Waals surface area (Å²) in [5, 5.41) is 15.3. The third-order valence-corrected chi connectivity index (χ3v) is 5.79. The van der Waals surface area contributed by atoms with E-state index in [-0.39, 0.29) is 24.9 Å². The zero-order valence-electron chi connectivity index (χ0n) is 17.3. The highest BCUT2D eigenvalue weighted by Crippen LogP contribution is 2.40. The average Bonchev–Trinajstić information content (AvgIpc) is 3.07. The van der Waals surface area contributed by atoms with Gasteiger partial charge in [0.15, 0.2) is 0 Å². The molecule has 0 aliphatic carbocycles. The molecule has 3 heterocycles. The second-order valence-electron chi connectivity index (χ2n) is 7.36. The number of nitrogens with zero attached hydrogens (tertiary/aromatic N) is 3. The number of hydrogen-bond acceptors (Lipinski definition) is 5. The lowest BCUT2D eigenvalue weighted by atomic mass is 9.96. The molecule has 4 rings (SSSR count). The Bertz CT molecular complexity index is 1310. The number of nitrogens with two attached hydrogens (primary N) is 1. The van der Waals surface area contributed by atoms with Gasteiger partial charge in [-0.25, -0.2) is 4.98 Å². The van der Waals surface area contributed by atoms with E-state index in [0.717, 1.165) is 22.3 Å². The van der Waals surface area contributed by atoms with Gasteiger partial charge in [-0.3, -0.25) is 9.78 Å². The Labute approximate surface area is 194 Å². The van der Waals surface area contributed by atoms with Crippen LogP contribution in [-0.4, -0.2) is 25.5 Å². The lowest BCUT2D eigenvalue weighted by Crippen LogP contribution is -2.26. The molecule has 7 nitrogen and oxygen atoms in total. The Morgan fingerprint density at radius 3 is 2.78 bits per heavy atom. The van der Waals surface area contributed by atoms with Crippen molar-refractivity contribution < 1.29 is 9.90 Å². The largest absolute Gasteiger partial charge is 0.493 e. The normalized spacial score (nSPS) is 11.1. The summed E-state index contributed by atoms with van der Waals surface area (Å²) in [6.45, 7) is 2.33. The van der Waals surface area contributed by atoms with Gasteiger partial charge in [0, 0.05) is 63.9 Å². The Morgan fingerprint density at radius 2 is 2.09 bits per heavy atom. The molecule has 1 aromatic carbocycles. The summed E-state index contributed by atoms with van der Waals surface area (Å²) in [6.07, 6.45) is 5.05. The molecule has 1 amide bonds. The van der Waals surface area contributed by atoms with Crippen LogP contribution in [-0.2, 0) is 24.4 Å². The van der Waals surface area contributed by atoms with Crippen molar-refractivity contribution in [2.75, 3.05) is 0 Å². The first-order valence-electron chi connectivity index (χ1n) is 9.91. The monoisotopic (exact) mass is 469 g/mol. The molecule has 0 unspecified atom stereocenters. The fraction of sp³-hybridized carbons (Fsp3) is 0.174. The maximum absolute atomic E-state index is 12.5. The van der Waals surface area contributed by atoms with Gasteiger partial charge >= 0.3 is 0 Å². The molecule has 0 radical (unpaired) electrons. The second kappa shape index (κ2) is 9.16. The number of rotatable bonds is 6. The fourth-order valence-corrected chi connectivity index (χ4v) is 4.19. The summed E-state index contributed by atoms with van der Waals surface area (Å²) in [5.41, 5.74) is 10.3. The summed E-state index contributed by atoms with van der Waals surface area (Å²) >= 11 is 12.6. The van der Waals surface area contributed by atoms with Crippen LogP contribution < -0.4 is 11.1 Å². The van der Waals surface area contributed by atoms with Crippen molar-refractivity contribution in [3.05, 3.63) is 75.8 Å². The van der Waals surface area contributed by atoms with Crippen LogP contribution in [0.15, 0.2) is 48.9 Å². The first-order valence-corrected chi connectivity index (χ1v) is 10.7. The van der Waals surface area contributed by atoms with Crippen LogP contribution in [0, 0.1) is 6.92 Å². The minimum atomic E-state index is -0.258. The number of benzene rings is 1. The van der Waals surface area contributed by atoms with Gasteiger partial charge in [0.2, 0.25) is 11.8 Å². The Hall–Kier alpha value is -3.13. The highest BCUT2D eigenvalue weighted by molar-refractivity contribution is 6.36. The zero-order valence-corrected chi connectivity index (χ0v) is 18.8. The number of halogens is 2. The molecule has 9 heteroatoms. The molecule has 164 valence electrons. The van der Waals surface area contributed by atoms with Gasteiger partial charge < -0.3 is 20.7 Å². The standard InChI is InChI=1S/C23H21Cl2N5O2/c1-13-17(8-26)21(16-5-4-15(24)7-19(16)25)18-11-30(23(32)22(18)29-13)12-20(31)28-10-14-3-2-6-27-9-14/h2-7,9,11,32H,8,10,12,26H2,1H3,(H,28,31). The predicted octanol–water partition coefficient (Wildman–Crippen LogP) is 4.19. The van der Waals surface area contributed by atoms with Gasteiger partial charge in [-0.2, -0.15) is 0 Å². The third-order valence-electron chi connectivity index (χ3n) is 5.24.